The molecule has 34 heavy (non-hydrogen) atoms. The van der Waals surface area contributed by atoms with Crippen molar-refractivity contribution in [2.75, 3.05) is 18.4 Å². The van der Waals surface area contributed by atoms with Gasteiger partial charge in [-0.3, -0.25) is 9.59 Å². The second kappa shape index (κ2) is 9.63. The number of anilines is 1. The van der Waals surface area contributed by atoms with E-state index in [1.165, 1.54) is 11.1 Å². The summed E-state index contributed by atoms with van der Waals surface area (Å²) in [6.45, 7) is 3.04. The Morgan fingerprint density at radius 1 is 1.06 bits per heavy atom. The van der Waals surface area contributed by atoms with E-state index in [-0.39, 0.29) is 23.8 Å². The second-order valence-electron chi connectivity index (χ2n) is 9.31. The highest BCUT2D eigenvalue weighted by molar-refractivity contribution is 6.30. The number of amides is 2. The molecule has 1 aliphatic carbocycles. The smallest absolute Gasteiger partial charge is 0.253 e. The maximum absolute atomic E-state index is 13.3. The molecule has 1 N–H and O–H groups in total. The lowest BCUT2D eigenvalue weighted by Gasteiger charge is -2.32. The van der Waals surface area contributed by atoms with Crippen LogP contribution in [0.5, 0.6) is 0 Å². The Morgan fingerprint density at radius 2 is 1.85 bits per heavy atom. The molecule has 176 valence electrons. The van der Waals surface area contributed by atoms with E-state index in [2.05, 4.69) is 34.7 Å². The van der Waals surface area contributed by atoms with Crippen molar-refractivity contribution < 1.29 is 9.59 Å². The fourth-order valence-corrected chi connectivity index (χ4v) is 5.32. The van der Waals surface area contributed by atoms with Gasteiger partial charge in [-0.1, -0.05) is 35.9 Å². The lowest BCUT2D eigenvalue weighted by Crippen LogP contribution is -2.44. The van der Waals surface area contributed by atoms with Crippen LogP contribution in [0.25, 0.3) is 0 Å². The predicted octanol–water partition coefficient (Wildman–Crippen LogP) is 5.26. The molecule has 0 bridgehead atoms. The molecular weight excluding hydrogens is 448 g/mol. The topological polar surface area (TPSA) is 67.2 Å². The molecule has 3 aromatic rings. The van der Waals surface area contributed by atoms with Crippen LogP contribution < -0.4 is 5.32 Å². The molecule has 7 heteroatoms. The van der Waals surface area contributed by atoms with Crippen LogP contribution in [-0.4, -0.2) is 39.6 Å². The van der Waals surface area contributed by atoms with Crippen molar-refractivity contribution >= 4 is 29.2 Å². The molecule has 2 amide bonds. The van der Waals surface area contributed by atoms with Gasteiger partial charge in [-0.25, -0.2) is 4.68 Å². The van der Waals surface area contributed by atoms with E-state index in [4.69, 9.17) is 11.6 Å². The summed E-state index contributed by atoms with van der Waals surface area (Å²) < 4.78 is 1.98. The third kappa shape index (κ3) is 4.47. The summed E-state index contributed by atoms with van der Waals surface area (Å²) in [6, 6.07) is 15.5. The molecule has 2 unspecified atom stereocenters. The Labute approximate surface area is 204 Å². The van der Waals surface area contributed by atoms with Crippen LogP contribution in [0, 0.1) is 12.8 Å². The number of fused-ring (bicyclic) bond motifs is 1. The molecule has 2 atom stereocenters. The summed E-state index contributed by atoms with van der Waals surface area (Å²) >= 11 is 5.96. The molecule has 6 nitrogen and oxygen atoms in total. The number of hydrogen-bond acceptors (Lipinski definition) is 3. The van der Waals surface area contributed by atoms with Crippen molar-refractivity contribution in [3.05, 3.63) is 82.0 Å². The third-order valence-corrected chi connectivity index (χ3v) is 7.28. The SMILES string of the molecule is Cc1cnn(C2CCCc3ccccc32)c1NC(=O)C1CCCN(C(=O)c2ccc(Cl)cc2)C1. The number of piperidine rings is 1. The largest absolute Gasteiger partial charge is 0.338 e. The average molecular weight is 477 g/mol. The van der Waals surface area contributed by atoms with Crippen LogP contribution in [0.3, 0.4) is 0 Å². The van der Waals surface area contributed by atoms with Crippen molar-refractivity contribution in [2.24, 2.45) is 5.92 Å². The number of halogens is 1. The van der Waals surface area contributed by atoms with Gasteiger partial charge in [0.05, 0.1) is 18.2 Å². The quantitative estimate of drug-likeness (QED) is 0.558. The number of nitrogens with one attached hydrogen (secondary N) is 1. The summed E-state index contributed by atoms with van der Waals surface area (Å²) in [4.78, 5) is 28.1. The van der Waals surface area contributed by atoms with Crippen LogP contribution in [0.15, 0.2) is 54.7 Å². The number of benzene rings is 2. The number of likely N-dealkylation sites (tertiary alicyclic amines) is 1. The standard InChI is InChI=1S/C27H29ClN4O2/c1-18-16-29-32(24-10-4-7-19-6-2-3-9-23(19)24)25(18)30-26(33)21-8-5-15-31(17-21)27(34)20-11-13-22(28)14-12-20/h2-3,6,9,11-14,16,21,24H,4-5,7-8,10,15,17H2,1H3,(H,30,33). The molecular formula is C27H29ClN4O2. The van der Waals surface area contributed by atoms with Gasteiger partial charge in [-0.2, -0.15) is 5.10 Å². The van der Waals surface area contributed by atoms with E-state index in [0.29, 0.717) is 23.7 Å². The van der Waals surface area contributed by atoms with Crippen LogP contribution in [0.4, 0.5) is 5.82 Å². The molecule has 2 heterocycles. The fraction of sp³-hybridized carbons (Fsp3) is 0.370. The van der Waals surface area contributed by atoms with Gasteiger partial charge in [-0.15, -0.1) is 0 Å². The van der Waals surface area contributed by atoms with Crippen LogP contribution in [0.1, 0.15) is 58.8 Å². The average Bonchev–Trinajstić information content (AvgIpc) is 3.23. The number of aromatic nitrogens is 2. The highest BCUT2D eigenvalue weighted by Gasteiger charge is 2.31. The summed E-state index contributed by atoms with van der Waals surface area (Å²) in [7, 11) is 0. The zero-order chi connectivity index (χ0) is 23.7. The van der Waals surface area contributed by atoms with E-state index in [1.807, 2.05) is 17.8 Å². The Hall–Kier alpha value is -3.12. The van der Waals surface area contributed by atoms with Gasteiger partial charge >= 0.3 is 0 Å². The van der Waals surface area contributed by atoms with Crippen molar-refractivity contribution in [2.45, 2.75) is 45.1 Å². The first-order chi connectivity index (χ1) is 16.5. The number of hydrogen-bond donors (Lipinski definition) is 1. The van der Waals surface area contributed by atoms with Crippen molar-refractivity contribution in [3.63, 3.8) is 0 Å². The second-order valence-corrected chi connectivity index (χ2v) is 9.75. The number of rotatable bonds is 4. The van der Waals surface area contributed by atoms with E-state index in [9.17, 15) is 9.59 Å². The number of nitrogens with zero attached hydrogens (tertiary/aromatic N) is 3. The molecule has 0 spiro atoms. The van der Waals surface area contributed by atoms with Gasteiger partial charge in [0.1, 0.15) is 5.82 Å². The Kier molecular flexibility index (Phi) is 6.42. The van der Waals surface area contributed by atoms with E-state index in [1.54, 1.807) is 29.2 Å². The summed E-state index contributed by atoms with van der Waals surface area (Å²) in [5.74, 6) is 0.385. The first-order valence-corrected chi connectivity index (χ1v) is 12.4. The minimum atomic E-state index is -0.258. The molecule has 1 aromatic heterocycles. The van der Waals surface area contributed by atoms with E-state index < -0.39 is 0 Å². The number of aryl methyl sites for hydroxylation is 2. The Morgan fingerprint density at radius 3 is 2.68 bits per heavy atom. The molecule has 2 aromatic carbocycles. The lowest BCUT2D eigenvalue weighted by atomic mass is 9.88. The molecule has 1 aliphatic heterocycles. The first-order valence-electron chi connectivity index (χ1n) is 12.0. The van der Waals surface area contributed by atoms with Gasteiger partial charge in [-0.05, 0) is 74.4 Å². The number of carbonyl (C=O) groups is 2. The molecule has 2 aliphatic rings. The van der Waals surface area contributed by atoms with Crippen LogP contribution in [0.2, 0.25) is 5.02 Å². The van der Waals surface area contributed by atoms with Gasteiger partial charge in [0.2, 0.25) is 5.91 Å². The zero-order valence-electron chi connectivity index (χ0n) is 19.3. The van der Waals surface area contributed by atoms with Gasteiger partial charge < -0.3 is 10.2 Å². The molecule has 0 saturated carbocycles. The van der Waals surface area contributed by atoms with Crippen molar-refractivity contribution in [1.29, 1.82) is 0 Å². The molecule has 5 rings (SSSR count). The fourth-order valence-electron chi connectivity index (χ4n) is 5.19. The first kappa shape index (κ1) is 22.7. The van der Waals surface area contributed by atoms with Gasteiger partial charge in [0, 0.05) is 29.2 Å². The normalized spacial score (nSPS) is 20.0. The maximum atomic E-state index is 13.3. The number of carbonyl (C=O) groups excluding carboxylic acids is 2. The van der Waals surface area contributed by atoms with Crippen molar-refractivity contribution in [3.8, 4) is 0 Å². The predicted molar refractivity (Wildman–Crippen MR) is 133 cm³/mol. The van der Waals surface area contributed by atoms with Gasteiger partial charge in [0.15, 0.2) is 0 Å². The highest BCUT2D eigenvalue weighted by Crippen LogP contribution is 2.35. The van der Waals surface area contributed by atoms with E-state index >= 15 is 0 Å². The Bertz CT molecular complexity index is 1200. The lowest BCUT2D eigenvalue weighted by molar-refractivity contribution is -0.121. The molecule has 1 fully saturated rings. The monoisotopic (exact) mass is 476 g/mol. The molecule has 1 saturated heterocycles. The third-order valence-electron chi connectivity index (χ3n) is 7.02. The maximum Gasteiger partial charge on any atom is 0.253 e. The molecule has 0 radical (unpaired) electrons. The highest BCUT2D eigenvalue weighted by atomic mass is 35.5. The van der Waals surface area contributed by atoms with Gasteiger partial charge in [0.25, 0.3) is 5.91 Å². The van der Waals surface area contributed by atoms with E-state index in [0.717, 1.165) is 43.5 Å². The van der Waals surface area contributed by atoms with Crippen molar-refractivity contribution in [1.82, 2.24) is 14.7 Å². The minimum Gasteiger partial charge on any atom is -0.338 e. The Balaban J connectivity index is 1.32. The minimum absolute atomic E-state index is 0.0532. The summed E-state index contributed by atoms with van der Waals surface area (Å²) in [5, 5.41) is 8.42. The van der Waals surface area contributed by atoms with Crippen LogP contribution in [-0.2, 0) is 11.2 Å². The van der Waals surface area contributed by atoms with Crippen LogP contribution >= 0.6 is 11.6 Å². The zero-order valence-corrected chi connectivity index (χ0v) is 20.1. The summed E-state index contributed by atoms with van der Waals surface area (Å²) in [6.07, 6.45) is 6.55. The summed E-state index contributed by atoms with van der Waals surface area (Å²) in [5.41, 5.74) is 4.18.